The molecule has 1 heterocycles. The van der Waals surface area contributed by atoms with Gasteiger partial charge in [0, 0.05) is 10.9 Å². The van der Waals surface area contributed by atoms with E-state index < -0.39 is 42.1 Å². The van der Waals surface area contributed by atoms with E-state index in [9.17, 15) is 24.3 Å². The number of hydrogen-bond donors (Lipinski definition) is 3. The number of carboxylic acid groups (broad SMARTS) is 1. The molecule has 0 bridgehead atoms. The minimum Gasteiger partial charge on any atom is -0.483 e. The molecule has 4 aromatic rings. The van der Waals surface area contributed by atoms with E-state index in [1.54, 1.807) is 32.0 Å². The van der Waals surface area contributed by atoms with Gasteiger partial charge in [0.25, 0.3) is 11.1 Å². The molecule has 0 unspecified atom stereocenters. The molecule has 0 spiro atoms. The third-order valence-corrected chi connectivity index (χ3v) is 7.06. The Kier molecular flexibility index (Phi) is 10.3. The highest BCUT2D eigenvalue weighted by molar-refractivity contribution is 7.99. The molecule has 2 atom stereocenters. The molecule has 0 aliphatic carbocycles. The molecule has 0 aliphatic rings. The van der Waals surface area contributed by atoms with Gasteiger partial charge in [-0.15, -0.1) is 10.2 Å². The molecular weight excluding hydrogens is 560 g/mol. The molecule has 12 heteroatoms. The number of rotatable bonds is 14. The number of thioether (sulfide) groups is 1. The molecule has 0 aliphatic heterocycles. The van der Waals surface area contributed by atoms with Crippen molar-refractivity contribution in [2.45, 2.75) is 37.6 Å². The van der Waals surface area contributed by atoms with Crippen molar-refractivity contribution in [3.8, 4) is 17.2 Å². The topological polar surface area (TPSA) is 161 Å². The summed E-state index contributed by atoms with van der Waals surface area (Å²) in [6, 6.07) is 19.8. The van der Waals surface area contributed by atoms with Crippen LogP contribution in [-0.2, 0) is 19.2 Å². The quantitative estimate of drug-likeness (QED) is 0.185. The highest BCUT2D eigenvalue weighted by Crippen LogP contribution is 2.25. The normalized spacial score (nSPS) is 12.5. The van der Waals surface area contributed by atoms with Gasteiger partial charge in [-0.25, -0.2) is 0 Å². The van der Waals surface area contributed by atoms with E-state index in [0.29, 0.717) is 11.3 Å². The summed E-state index contributed by atoms with van der Waals surface area (Å²) in [5.74, 6) is -2.82. The summed E-state index contributed by atoms with van der Waals surface area (Å²) in [4.78, 5) is 50.3. The second-order valence-electron chi connectivity index (χ2n) is 9.71. The first-order chi connectivity index (χ1) is 20.2. The molecule has 1 aromatic heterocycles. The maximum absolute atomic E-state index is 13.1. The summed E-state index contributed by atoms with van der Waals surface area (Å²) in [6.07, 6.45) is -0.632. The first kappa shape index (κ1) is 30.3. The fraction of sp³-hybridized carbons (Fsp3) is 0.267. The van der Waals surface area contributed by atoms with Crippen molar-refractivity contribution >= 4 is 46.1 Å². The zero-order chi connectivity index (χ0) is 30.1. The number of amides is 2. The molecule has 42 heavy (non-hydrogen) atoms. The smallest absolute Gasteiger partial charge is 0.305 e. The minimum atomic E-state index is -1.33. The number of nitrogens with one attached hydrogen (secondary N) is 2. The Morgan fingerprint density at radius 1 is 0.929 bits per heavy atom. The second-order valence-corrected chi connectivity index (χ2v) is 10.6. The summed E-state index contributed by atoms with van der Waals surface area (Å²) in [5, 5.41) is 24.3. The van der Waals surface area contributed by atoms with Crippen molar-refractivity contribution in [2.24, 2.45) is 5.92 Å². The first-order valence-corrected chi connectivity index (χ1v) is 14.2. The first-order valence-electron chi connectivity index (χ1n) is 13.2. The Balaban J connectivity index is 1.35. The van der Waals surface area contributed by atoms with Crippen molar-refractivity contribution in [1.82, 2.24) is 20.8 Å². The largest absolute Gasteiger partial charge is 0.483 e. The lowest BCUT2D eigenvalue weighted by molar-refractivity contribution is -0.140. The van der Waals surface area contributed by atoms with Gasteiger partial charge in [0.05, 0.1) is 18.2 Å². The van der Waals surface area contributed by atoms with Crippen molar-refractivity contribution in [3.63, 3.8) is 0 Å². The van der Waals surface area contributed by atoms with Gasteiger partial charge < -0.3 is 24.9 Å². The maximum Gasteiger partial charge on any atom is 0.305 e. The molecular formula is C30H30N4O7S. The van der Waals surface area contributed by atoms with Crippen molar-refractivity contribution in [3.05, 3.63) is 72.8 Å². The highest BCUT2D eigenvalue weighted by Gasteiger charge is 2.30. The van der Waals surface area contributed by atoms with E-state index in [4.69, 9.17) is 9.15 Å². The number of Topliss-reactive ketones (excluding diaryl/α,β-unsaturated/α-hetero) is 1. The van der Waals surface area contributed by atoms with Crippen LogP contribution in [-0.4, -0.2) is 63.3 Å². The number of aliphatic carboxylic acids is 1. The lowest BCUT2D eigenvalue weighted by atomic mass is 10.0. The Bertz CT molecular complexity index is 1550. The van der Waals surface area contributed by atoms with Crippen LogP contribution in [0.15, 0.2) is 82.4 Å². The van der Waals surface area contributed by atoms with Gasteiger partial charge in [0.2, 0.25) is 11.8 Å². The number of carboxylic acids is 1. The van der Waals surface area contributed by atoms with Gasteiger partial charge in [0.1, 0.15) is 11.8 Å². The number of carbonyl (C=O) groups is 4. The average molecular weight is 591 g/mol. The summed E-state index contributed by atoms with van der Waals surface area (Å²) in [6.45, 7) is 3.10. The molecule has 0 radical (unpaired) electrons. The fourth-order valence-corrected chi connectivity index (χ4v) is 4.80. The van der Waals surface area contributed by atoms with E-state index in [1.165, 1.54) is 0 Å². The van der Waals surface area contributed by atoms with Crippen LogP contribution in [0.4, 0.5) is 0 Å². The molecule has 2 amide bonds. The third kappa shape index (κ3) is 8.16. The van der Waals surface area contributed by atoms with Gasteiger partial charge in [-0.05, 0) is 29.5 Å². The van der Waals surface area contributed by atoms with E-state index in [1.807, 2.05) is 54.6 Å². The summed E-state index contributed by atoms with van der Waals surface area (Å²) in [5.41, 5.74) is 0.712. The zero-order valence-corrected chi connectivity index (χ0v) is 23.8. The zero-order valence-electron chi connectivity index (χ0n) is 23.0. The van der Waals surface area contributed by atoms with Crippen molar-refractivity contribution in [2.75, 3.05) is 12.4 Å². The van der Waals surface area contributed by atoms with Crippen LogP contribution in [0.5, 0.6) is 5.75 Å². The molecule has 3 aromatic carbocycles. The van der Waals surface area contributed by atoms with E-state index in [0.717, 1.165) is 22.5 Å². The average Bonchev–Trinajstić information content (AvgIpc) is 3.46. The van der Waals surface area contributed by atoms with Crippen LogP contribution in [0.25, 0.3) is 22.2 Å². The molecule has 3 N–H and O–H groups in total. The Labute approximate surface area is 246 Å². The molecule has 218 valence electrons. The number of fused-ring (bicyclic) bond motifs is 1. The fourth-order valence-electron chi connectivity index (χ4n) is 4.10. The predicted octanol–water partition coefficient (Wildman–Crippen LogP) is 3.73. The number of benzene rings is 3. The molecule has 0 saturated carbocycles. The van der Waals surface area contributed by atoms with Crippen LogP contribution in [0.2, 0.25) is 0 Å². The third-order valence-electron chi connectivity index (χ3n) is 6.22. The van der Waals surface area contributed by atoms with Crippen LogP contribution in [0, 0.1) is 5.92 Å². The van der Waals surface area contributed by atoms with Gasteiger partial charge in [0.15, 0.2) is 12.4 Å². The maximum atomic E-state index is 13.1. The number of nitrogens with zero attached hydrogens (tertiary/aromatic N) is 2. The number of ketones is 1. The van der Waals surface area contributed by atoms with Gasteiger partial charge in [-0.1, -0.05) is 80.2 Å². The predicted molar refractivity (Wildman–Crippen MR) is 156 cm³/mol. The monoisotopic (exact) mass is 590 g/mol. The summed E-state index contributed by atoms with van der Waals surface area (Å²) < 4.78 is 11.3. The standard InChI is InChI=1S/C30H30N4O7S/c1-18(2)27(32-25(36)16-40-24-14-8-12-19-9-6-7-13-21(19)24)28(39)31-22(15-26(37)38)23(35)17-42-30-34-33-29(41-30)20-10-4-3-5-11-20/h3-14,18,22,27H,15-17H2,1-2H3,(H,31,39)(H,32,36)(H,37,38)/t22-,27-/m0/s1. The number of hydrogen-bond acceptors (Lipinski definition) is 9. The van der Waals surface area contributed by atoms with Crippen LogP contribution >= 0.6 is 11.8 Å². The molecule has 4 rings (SSSR count). The second kappa shape index (κ2) is 14.3. The number of carbonyl (C=O) groups excluding carboxylic acids is 3. The van der Waals surface area contributed by atoms with Crippen LogP contribution in [0.3, 0.4) is 0 Å². The van der Waals surface area contributed by atoms with Crippen molar-refractivity contribution in [1.29, 1.82) is 0 Å². The van der Waals surface area contributed by atoms with Gasteiger partial charge in [-0.2, -0.15) is 0 Å². The lowest BCUT2D eigenvalue weighted by Crippen LogP contribution is -2.55. The van der Waals surface area contributed by atoms with Gasteiger partial charge in [-0.3, -0.25) is 19.2 Å². The molecule has 0 saturated heterocycles. The Morgan fingerprint density at radius 2 is 1.64 bits per heavy atom. The Morgan fingerprint density at radius 3 is 2.38 bits per heavy atom. The number of aromatic nitrogens is 2. The van der Waals surface area contributed by atoms with Crippen LogP contribution < -0.4 is 15.4 Å². The van der Waals surface area contributed by atoms with E-state index >= 15 is 0 Å². The van der Waals surface area contributed by atoms with Crippen molar-refractivity contribution < 1.29 is 33.4 Å². The summed E-state index contributed by atoms with van der Waals surface area (Å²) >= 11 is 0.937. The minimum absolute atomic E-state index is 0.126. The van der Waals surface area contributed by atoms with Crippen LogP contribution in [0.1, 0.15) is 20.3 Å². The van der Waals surface area contributed by atoms with Gasteiger partial charge >= 0.3 is 5.97 Å². The summed E-state index contributed by atoms with van der Waals surface area (Å²) in [7, 11) is 0. The number of ether oxygens (including phenoxy) is 1. The SMILES string of the molecule is CC(C)[C@H](NC(=O)COc1cccc2ccccc12)C(=O)N[C@@H](CC(=O)O)C(=O)CSc1nnc(-c2ccccc2)o1. The Hall–Kier alpha value is -4.71. The molecule has 0 fully saturated rings. The lowest BCUT2D eigenvalue weighted by Gasteiger charge is -2.24. The highest BCUT2D eigenvalue weighted by atomic mass is 32.2. The molecule has 11 nitrogen and oxygen atoms in total. The van der Waals surface area contributed by atoms with E-state index in [-0.39, 0.29) is 29.4 Å². The van der Waals surface area contributed by atoms with E-state index in [2.05, 4.69) is 20.8 Å².